The van der Waals surface area contributed by atoms with E-state index in [9.17, 15) is 19.5 Å². The van der Waals surface area contributed by atoms with Crippen molar-refractivity contribution in [2.24, 2.45) is 0 Å². The number of nitrogens with one attached hydrogen (secondary N) is 2. The van der Waals surface area contributed by atoms with Gasteiger partial charge in [0.2, 0.25) is 11.8 Å². The summed E-state index contributed by atoms with van der Waals surface area (Å²) < 4.78 is 0. The van der Waals surface area contributed by atoms with Gasteiger partial charge in [0.05, 0.1) is 5.25 Å². The lowest BCUT2D eigenvalue weighted by atomic mass is 9.84. The summed E-state index contributed by atoms with van der Waals surface area (Å²) in [6.45, 7) is 0. The van der Waals surface area contributed by atoms with Crippen LogP contribution in [0.25, 0.3) is 0 Å². The zero-order chi connectivity index (χ0) is 26.3. The Kier molecular flexibility index (Phi) is 9.30. The molecule has 2 fully saturated rings. The molecular weight excluding hydrogens is 484 g/mol. The lowest BCUT2D eigenvalue weighted by Crippen LogP contribution is -2.61. The Morgan fingerprint density at radius 2 is 1.49 bits per heavy atom. The molecule has 2 aliphatic rings. The molecule has 2 aromatic carbocycles. The molecule has 2 amide bonds. The average molecular weight is 523 g/mol. The average Bonchev–Trinajstić information content (AvgIpc) is 3.39. The van der Waals surface area contributed by atoms with Crippen LogP contribution in [0, 0.1) is 0 Å². The van der Waals surface area contributed by atoms with Gasteiger partial charge in [-0.3, -0.25) is 9.59 Å². The molecule has 0 saturated heterocycles. The molecular formula is C30H38N2O4S. The fraction of sp³-hybridized carbons (Fsp3) is 0.500. The summed E-state index contributed by atoms with van der Waals surface area (Å²) in [6, 6.07) is 16.7. The Bertz CT molecular complexity index is 1060. The van der Waals surface area contributed by atoms with Gasteiger partial charge in [-0.1, -0.05) is 86.7 Å². The maximum Gasteiger partial charge on any atom is 0.326 e. The van der Waals surface area contributed by atoms with Gasteiger partial charge in [-0.2, -0.15) is 12.6 Å². The molecule has 4 rings (SSSR count). The number of hydrogen-bond donors (Lipinski definition) is 4. The van der Waals surface area contributed by atoms with E-state index in [0.29, 0.717) is 25.2 Å². The Hall–Kier alpha value is -2.80. The summed E-state index contributed by atoms with van der Waals surface area (Å²) >= 11 is 4.49. The highest BCUT2D eigenvalue weighted by atomic mass is 32.1. The summed E-state index contributed by atoms with van der Waals surface area (Å²) in [5, 5.41) is 15.0. The van der Waals surface area contributed by atoms with Gasteiger partial charge in [0.1, 0.15) is 11.6 Å². The van der Waals surface area contributed by atoms with E-state index in [2.05, 4.69) is 35.4 Å². The maximum atomic E-state index is 13.4. The van der Waals surface area contributed by atoms with Gasteiger partial charge in [0, 0.05) is 6.42 Å². The third-order valence-corrected chi connectivity index (χ3v) is 8.35. The molecule has 7 heteroatoms. The molecule has 6 nitrogen and oxygen atoms in total. The molecule has 0 bridgehead atoms. The van der Waals surface area contributed by atoms with Crippen LogP contribution in [0.3, 0.4) is 0 Å². The number of carbonyl (C=O) groups excluding carboxylic acids is 2. The van der Waals surface area contributed by atoms with E-state index in [1.54, 1.807) is 0 Å². The second kappa shape index (κ2) is 12.6. The minimum absolute atomic E-state index is 0.194. The third kappa shape index (κ3) is 7.16. The number of aliphatic carboxylic acids is 1. The summed E-state index contributed by atoms with van der Waals surface area (Å²) in [5.74, 6) is -1.24. The van der Waals surface area contributed by atoms with Crippen molar-refractivity contribution in [3.63, 3.8) is 0 Å². The fourth-order valence-electron chi connectivity index (χ4n) is 5.73. The molecule has 0 aromatic heterocycles. The number of carboxylic acids is 1. The molecule has 2 atom stereocenters. The first kappa shape index (κ1) is 27.2. The van der Waals surface area contributed by atoms with Crippen LogP contribution in [0.2, 0.25) is 0 Å². The van der Waals surface area contributed by atoms with Crippen molar-refractivity contribution in [3.8, 4) is 0 Å². The lowest BCUT2D eigenvalue weighted by Gasteiger charge is -2.31. The normalized spacial score (nSPS) is 19.1. The molecule has 0 heterocycles. The number of amides is 2. The van der Waals surface area contributed by atoms with Crippen LogP contribution in [-0.4, -0.2) is 39.7 Å². The van der Waals surface area contributed by atoms with Crippen LogP contribution in [0.15, 0.2) is 54.6 Å². The van der Waals surface area contributed by atoms with Gasteiger partial charge in [-0.05, 0) is 54.7 Å². The molecule has 2 aliphatic carbocycles. The van der Waals surface area contributed by atoms with Crippen LogP contribution < -0.4 is 10.6 Å². The largest absolute Gasteiger partial charge is 0.480 e. The van der Waals surface area contributed by atoms with Crippen molar-refractivity contribution in [2.75, 3.05) is 0 Å². The van der Waals surface area contributed by atoms with Gasteiger partial charge < -0.3 is 15.7 Å². The SMILES string of the molecule is O=C(NC1(C(=O)NC(Cc2ccc(C3CCCCC3)cc2)C(=O)O)CCCC1)C(S)Cc1ccccc1. The van der Waals surface area contributed by atoms with Crippen molar-refractivity contribution in [1.29, 1.82) is 0 Å². The molecule has 3 N–H and O–H groups in total. The highest BCUT2D eigenvalue weighted by Crippen LogP contribution is 2.33. The Morgan fingerprint density at radius 3 is 2.11 bits per heavy atom. The minimum Gasteiger partial charge on any atom is -0.480 e. The number of rotatable bonds is 10. The van der Waals surface area contributed by atoms with E-state index in [-0.39, 0.29) is 12.3 Å². The number of carbonyl (C=O) groups is 3. The zero-order valence-corrected chi connectivity index (χ0v) is 22.2. The number of carboxylic acid groups (broad SMARTS) is 1. The predicted octanol–water partition coefficient (Wildman–Crippen LogP) is 4.82. The van der Waals surface area contributed by atoms with Crippen LogP contribution >= 0.6 is 12.6 Å². The summed E-state index contributed by atoms with van der Waals surface area (Å²) in [5.41, 5.74) is 2.06. The molecule has 2 saturated carbocycles. The Balaban J connectivity index is 1.39. The minimum atomic E-state index is -1.10. The molecule has 0 radical (unpaired) electrons. The first-order chi connectivity index (χ1) is 17.9. The van der Waals surface area contributed by atoms with Crippen molar-refractivity contribution in [3.05, 3.63) is 71.3 Å². The summed E-state index contributed by atoms with van der Waals surface area (Å²) in [4.78, 5) is 38.5. The maximum absolute atomic E-state index is 13.4. The van der Waals surface area contributed by atoms with Crippen LogP contribution in [-0.2, 0) is 27.2 Å². The van der Waals surface area contributed by atoms with Crippen LogP contribution in [0.5, 0.6) is 0 Å². The quantitative estimate of drug-likeness (QED) is 0.337. The van der Waals surface area contributed by atoms with E-state index in [1.165, 1.54) is 37.7 Å². The lowest BCUT2D eigenvalue weighted by molar-refractivity contribution is -0.143. The number of hydrogen-bond acceptors (Lipinski definition) is 4. The number of thiol groups is 1. The van der Waals surface area contributed by atoms with Gasteiger partial charge in [-0.25, -0.2) is 4.79 Å². The highest BCUT2D eigenvalue weighted by molar-refractivity contribution is 7.81. The summed E-state index contributed by atoms with van der Waals surface area (Å²) in [6.07, 6.45) is 9.44. The Labute approximate surface area is 225 Å². The first-order valence-electron chi connectivity index (χ1n) is 13.5. The van der Waals surface area contributed by atoms with E-state index in [4.69, 9.17) is 0 Å². The van der Waals surface area contributed by atoms with Crippen LogP contribution in [0.4, 0.5) is 0 Å². The van der Waals surface area contributed by atoms with Gasteiger partial charge in [0.25, 0.3) is 0 Å². The molecule has 2 unspecified atom stereocenters. The van der Waals surface area contributed by atoms with Crippen molar-refractivity contribution in [2.45, 2.75) is 93.4 Å². The van der Waals surface area contributed by atoms with Crippen molar-refractivity contribution < 1.29 is 19.5 Å². The molecule has 37 heavy (non-hydrogen) atoms. The number of benzene rings is 2. The highest BCUT2D eigenvalue weighted by Gasteiger charge is 2.44. The molecule has 0 aliphatic heterocycles. The topological polar surface area (TPSA) is 95.5 Å². The van der Waals surface area contributed by atoms with Crippen molar-refractivity contribution >= 4 is 30.4 Å². The molecule has 2 aromatic rings. The smallest absolute Gasteiger partial charge is 0.326 e. The first-order valence-corrected chi connectivity index (χ1v) is 14.0. The van der Waals surface area contributed by atoms with E-state index < -0.39 is 28.7 Å². The second-order valence-electron chi connectivity index (χ2n) is 10.6. The predicted molar refractivity (Wildman–Crippen MR) is 148 cm³/mol. The molecule has 0 spiro atoms. The third-order valence-electron chi connectivity index (χ3n) is 7.93. The fourth-order valence-corrected chi connectivity index (χ4v) is 6.01. The monoisotopic (exact) mass is 522 g/mol. The molecule has 198 valence electrons. The standard InChI is InChI=1S/C30H38N2O4S/c33-27(26(37)20-21-9-3-1-4-10-21)32-30(17-7-8-18-30)29(36)31-25(28(34)35)19-22-13-15-24(16-14-22)23-11-5-2-6-12-23/h1,3-4,9-10,13-16,23,25-26,37H,2,5-8,11-12,17-20H2,(H,31,36)(H,32,33)(H,34,35). The van der Waals surface area contributed by atoms with E-state index >= 15 is 0 Å². The Morgan fingerprint density at radius 1 is 0.865 bits per heavy atom. The zero-order valence-electron chi connectivity index (χ0n) is 21.3. The van der Waals surface area contributed by atoms with Gasteiger partial charge >= 0.3 is 5.97 Å². The van der Waals surface area contributed by atoms with Crippen molar-refractivity contribution in [1.82, 2.24) is 10.6 Å². The second-order valence-corrected chi connectivity index (χ2v) is 11.3. The van der Waals surface area contributed by atoms with E-state index in [0.717, 1.165) is 24.0 Å². The summed E-state index contributed by atoms with van der Waals surface area (Å²) in [7, 11) is 0. The van der Waals surface area contributed by atoms with Gasteiger partial charge in [-0.15, -0.1) is 0 Å². The van der Waals surface area contributed by atoms with Gasteiger partial charge in [0.15, 0.2) is 0 Å². The van der Waals surface area contributed by atoms with Crippen LogP contribution in [0.1, 0.15) is 80.4 Å². The van der Waals surface area contributed by atoms with E-state index in [1.807, 2.05) is 42.5 Å².